The highest BCUT2D eigenvalue weighted by molar-refractivity contribution is 7.89. The van der Waals surface area contributed by atoms with Crippen LogP contribution in [0.3, 0.4) is 0 Å². The van der Waals surface area contributed by atoms with Crippen molar-refractivity contribution in [1.82, 2.24) is 15.1 Å². The lowest BCUT2D eigenvalue weighted by molar-refractivity contribution is -0.132. The van der Waals surface area contributed by atoms with Crippen molar-refractivity contribution in [2.45, 2.75) is 23.4 Å². The molecular formula is C20H21Cl2N3O7S. The maximum absolute atomic E-state index is 13.2. The molecule has 0 bridgehead atoms. The number of hydrogen-bond acceptors (Lipinski definition) is 7. The summed E-state index contributed by atoms with van der Waals surface area (Å²) in [5, 5.41) is 12.0. The molecule has 0 saturated carbocycles. The second-order valence-electron chi connectivity index (χ2n) is 7.11. The minimum absolute atomic E-state index is 0.0246. The molecule has 1 saturated heterocycles. The molecular weight excluding hydrogens is 497 g/mol. The Morgan fingerprint density at radius 2 is 1.82 bits per heavy atom. The van der Waals surface area contributed by atoms with Crippen LogP contribution in [0.15, 0.2) is 41.3 Å². The summed E-state index contributed by atoms with van der Waals surface area (Å²) in [7, 11) is -1.34. The number of nitrogens with one attached hydrogen (secondary N) is 2. The van der Waals surface area contributed by atoms with Crippen molar-refractivity contribution >= 4 is 45.0 Å². The molecule has 1 heterocycles. The van der Waals surface area contributed by atoms with Crippen LogP contribution in [0.4, 0.5) is 0 Å². The Morgan fingerprint density at radius 3 is 2.42 bits per heavy atom. The van der Waals surface area contributed by atoms with Gasteiger partial charge in [0.15, 0.2) is 0 Å². The quantitative estimate of drug-likeness (QED) is 0.378. The van der Waals surface area contributed by atoms with E-state index in [-0.39, 0.29) is 39.2 Å². The van der Waals surface area contributed by atoms with Gasteiger partial charge in [-0.2, -0.15) is 4.31 Å². The van der Waals surface area contributed by atoms with Crippen molar-refractivity contribution in [2.24, 2.45) is 0 Å². The van der Waals surface area contributed by atoms with E-state index in [1.165, 1.54) is 50.0 Å². The lowest BCUT2D eigenvalue weighted by Gasteiger charge is -2.22. The first-order valence-electron chi connectivity index (χ1n) is 9.56. The maximum atomic E-state index is 13.2. The summed E-state index contributed by atoms with van der Waals surface area (Å²) >= 11 is 11.8. The number of hydroxylamine groups is 1. The first-order chi connectivity index (χ1) is 15.6. The van der Waals surface area contributed by atoms with Gasteiger partial charge in [0.05, 0.1) is 34.7 Å². The van der Waals surface area contributed by atoms with Gasteiger partial charge >= 0.3 is 0 Å². The Morgan fingerprint density at radius 1 is 1.09 bits per heavy atom. The molecule has 1 aliphatic rings. The Hall–Kier alpha value is -2.57. The predicted octanol–water partition coefficient (Wildman–Crippen LogP) is 2.08. The number of carbonyl (C=O) groups excluding carboxylic acids is 2. The smallest absolute Gasteiger partial charge is 0.261 e. The van der Waals surface area contributed by atoms with Gasteiger partial charge in [-0.05, 0) is 36.8 Å². The average Bonchev–Trinajstić information content (AvgIpc) is 3.24. The third kappa shape index (κ3) is 5.17. The number of hydrogen-bond donors (Lipinski definition) is 3. The number of nitrogens with zero attached hydrogens (tertiary/aromatic N) is 1. The van der Waals surface area contributed by atoms with Crippen LogP contribution in [0.1, 0.15) is 16.8 Å². The molecule has 0 aliphatic carbocycles. The van der Waals surface area contributed by atoms with Crippen LogP contribution in [0.5, 0.6) is 11.5 Å². The molecule has 0 spiro atoms. The first-order valence-corrected chi connectivity index (χ1v) is 11.8. The van der Waals surface area contributed by atoms with Gasteiger partial charge in [0.2, 0.25) is 10.0 Å². The molecule has 2 atom stereocenters. The Balaban J connectivity index is 1.87. The van der Waals surface area contributed by atoms with Gasteiger partial charge in [0.1, 0.15) is 17.5 Å². The molecule has 1 unspecified atom stereocenters. The Labute approximate surface area is 200 Å². The summed E-state index contributed by atoms with van der Waals surface area (Å²) < 4.78 is 37.7. The zero-order valence-corrected chi connectivity index (χ0v) is 19.9. The molecule has 1 aliphatic heterocycles. The van der Waals surface area contributed by atoms with E-state index >= 15 is 0 Å². The fourth-order valence-corrected chi connectivity index (χ4v) is 5.54. The standard InChI is InChI=1S/C20H21Cl2N3O7S/c1-31-12-3-5-14(18(8-12)32-2)19(26)23-11-7-17(20(27)24-28)25(10-11)33(29,30)13-4-6-15(21)16(22)9-13/h3-6,8-9,11,17,28H,7,10H2,1-2H3,(H,23,26)(H,24,27)/t11-,17?/m0/s1. The highest BCUT2D eigenvalue weighted by Crippen LogP contribution is 2.31. The van der Waals surface area contributed by atoms with Crippen molar-refractivity contribution in [3.8, 4) is 11.5 Å². The molecule has 10 nitrogen and oxygen atoms in total. The summed E-state index contributed by atoms with van der Waals surface area (Å²) in [4.78, 5) is 24.9. The van der Waals surface area contributed by atoms with Crippen LogP contribution < -0.4 is 20.3 Å². The summed E-state index contributed by atoms with van der Waals surface area (Å²) in [6.07, 6.45) is -0.0723. The number of ether oxygens (including phenoxy) is 2. The van der Waals surface area contributed by atoms with Crippen molar-refractivity contribution in [3.05, 3.63) is 52.0 Å². The number of methoxy groups -OCH3 is 2. The minimum atomic E-state index is -4.21. The van der Waals surface area contributed by atoms with Gasteiger partial charge in [0.25, 0.3) is 11.8 Å². The Bertz CT molecular complexity index is 1180. The van der Waals surface area contributed by atoms with E-state index in [1.807, 2.05) is 0 Å². The molecule has 2 aromatic carbocycles. The van der Waals surface area contributed by atoms with E-state index in [1.54, 1.807) is 6.07 Å². The average molecular weight is 518 g/mol. The monoisotopic (exact) mass is 517 g/mol. The van der Waals surface area contributed by atoms with E-state index in [0.717, 1.165) is 4.31 Å². The van der Waals surface area contributed by atoms with Gasteiger partial charge in [0, 0.05) is 18.7 Å². The van der Waals surface area contributed by atoms with Crippen LogP contribution in [0.2, 0.25) is 10.0 Å². The predicted molar refractivity (Wildman–Crippen MR) is 119 cm³/mol. The first kappa shape index (κ1) is 25.1. The zero-order chi connectivity index (χ0) is 24.3. The Kier molecular flexibility index (Phi) is 7.70. The van der Waals surface area contributed by atoms with Crippen LogP contribution in [0, 0.1) is 0 Å². The van der Waals surface area contributed by atoms with Crippen LogP contribution in [-0.2, 0) is 14.8 Å². The zero-order valence-electron chi connectivity index (χ0n) is 17.5. The van der Waals surface area contributed by atoms with E-state index in [0.29, 0.717) is 5.75 Å². The minimum Gasteiger partial charge on any atom is -0.497 e. The lowest BCUT2D eigenvalue weighted by atomic mass is 10.1. The fraction of sp³-hybridized carbons (Fsp3) is 0.300. The van der Waals surface area contributed by atoms with Crippen LogP contribution in [-0.4, -0.2) is 62.6 Å². The van der Waals surface area contributed by atoms with Crippen molar-refractivity contribution in [3.63, 3.8) is 0 Å². The number of sulfonamides is 1. The lowest BCUT2D eigenvalue weighted by Crippen LogP contribution is -2.45. The molecule has 178 valence electrons. The summed E-state index contributed by atoms with van der Waals surface area (Å²) in [5.74, 6) is -0.716. The SMILES string of the molecule is COc1ccc(C(=O)N[C@H]2CC(C(=O)NO)N(S(=O)(=O)c3ccc(Cl)c(Cl)c3)C2)c(OC)c1. The van der Waals surface area contributed by atoms with Gasteiger partial charge < -0.3 is 14.8 Å². The fourth-order valence-electron chi connectivity index (χ4n) is 3.51. The van der Waals surface area contributed by atoms with Crippen molar-refractivity contribution < 1.29 is 32.7 Å². The topological polar surface area (TPSA) is 134 Å². The highest BCUT2D eigenvalue weighted by atomic mass is 35.5. The second kappa shape index (κ2) is 10.1. The molecule has 2 amide bonds. The summed E-state index contributed by atoms with van der Waals surface area (Å²) in [6, 6.07) is 6.36. The molecule has 3 rings (SSSR count). The van der Waals surface area contributed by atoms with E-state index in [9.17, 15) is 18.0 Å². The number of rotatable bonds is 7. The number of carbonyl (C=O) groups is 2. The molecule has 0 radical (unpaired) electrons. The largest absolute Gasteiger partial charge is 0.497 e. The van der Waals surface area contributed by atoms with Gasteiger partial charge in [-0.15, -0.1) is 0 Å². The van der Waals surface area contributed by atoms with E-state index in [4.69, 9.17) is 37.9 Å². The normalized spacial score (nSPS) is 18.6. The van der Waals surface area contributed by atoms with Crippen molar-refractivity contribution in [1.29, 1.82) is 0 Å². The molecule has 33 heavy (non-hydrogen) atoms. The van der Waals surface area contributed by atoms with E-state index < -0.39 is 33.9 Å². The van der Waals surface area contributed by atoms with Gasteiger partial charge in [-0.3, -0.25) is 14.8 Å². The van der Waals surface area contributed by atoms with Crippen LogP contribution >= 0.6 is 23.2 Å². The second-order valence-corrected chi connectivity index (χ2v) is 9.82. The van der Waals surface area contributed by atoms with E-state index in [2.05, 4.69) is 5.32 Å². The molecule has 1 fully saturated rings. The highest BCUT2D eigenvalue weighted by Gasteiger charge is 2.44. The molecule has 3 N–H and O–H groups in total. The third-order valence-electron chi connectivity index (χ3n) is 5.15. The molecule has 13 heteroatoms. The number of halogens is 2. The molecule has 2 aromatic rings. The van der Waals surface area contributed by atoms with Crippen molar-refractivity contribution in [2.75, 3.05) is 20.8 Å². The maximum Gasteiger partial charge on any atom is 0.261 e. The molecule has 0 aromatic heterocycles. The third-order valence-corrected chi connectivity index (χ3v) is 7.76. The van der Waals surface area contributed by atoms with Crippen LogP contribution in [0.25, 0.3) is 0 Å². The van der Waals surface area contributed by atoms with Gasteiger partial charge in [-0.1, -0.05) is 23.2 Å². The summed E-state index contributed by atoms with van der Waals surface area (Å²) in [6.45, 7) is -0.217. The number of amides is 2. The van der Waals surface area contributed by atoms with Gasteiger partial charge in [-0.25, -0.2) is 13.9 Å². The summed E-state index contributed by atoms with van der Waals surface area (Å²) in [5.41, 5.74) is 1.68. The number of benzene rings is 2.